The van der Waals surface area contributed by atoms with E-state index in [1.807, 2.05) is 0 Å². The number of benzene rings is 1. The van der Waals surface area contributed by atoms with Crippen molar-refractivity contribution >= 4 is 21.5 Å². The van der Waals surface area contributed by atoms with Gasteiger partial charge in [-0.2, -0.15) is 8.42 Å². The molecular formula is C11H13FN4O2S. The van der Waals surface area contributed by atoms with Crippen molar-refractivity contribution in [1.82, 2.24) is 9.55 Å². The number of nitrogens with two attached hydrogens (primary N) is 1. The summed E-state index contributed by atoms with van der Waals surface area (Å²) >= 11 is 0. The third-order valence-electron chi connectivity index (χ3n) is 2.70. The summed E-state index contributed by atoms with van der Waals surface area (Å²) in [5.74, 6) is -0.508. The fourth-order valence-electron chi connectivity index (χ4n) is 1.67. The second-order valence-corrected chi connectivity index (χ2v) is 5.88. The van der Waals surface area contributed by atoms with Crippen LogP contribution in [0, 0.1) is 5.82 Å². The van der Waals surface area contributed by atoms with Crippen LogP contribution in [0.5, 0.6) is 0 Å². The predicted octanol–water partition coefficient (Wildman–Crippen LogP) is 0.967. The summed E-state index contributed by atoms with van der Waals surface area (Å²) in [6.07, 6.45) is 1.32. The monoisotopic (exact) mass is 284 g/mol. The summed E-state index contributed by atoms with van der Waals surface area (Å²) in [4.78, 5) is 3.75. The minimum absolute atomic E-state index is 0.0727. The normalized spacial score (nSPS) is 11.5. The molecule has 0 bridgehead atoms. The van der Waals surface area contributed by atoms with Crippen LogP contribution < -0.4 is 10.0 Å². The maximum atomic E-state index is 12.8. The number of aryl methyl sites for hydroxylation is 1. The number of rotatable bonds is 3. The Morgan fingerprint density at radius 1 is 1.32 bits per heavy atom. The highest BCUT2D eigenvalue weighted by atomic mass is 32.2. The van der Waals surface area contributed by atoms with Crippen LogP contribution in [-0.4, -0.2) is 25.0 Å². The van der Waals surface area contributed by atoms with E-state index in [1.165, 1.54) is 49.3 Å². The zero-order valence-corrected chi connectivity index (χ0v) is 11.2. The number of aromatic nitrogens is 2. The first-order chi connectivity index (χ1) is 8.84. The summed E-state index contributed by atoms with van der Waals surface area (Å²) in [6, 6.07) is 5.13. The van der Waals surface area contributed by atoms with Gasteiger partial charge in [0, 0.05) is 14.1 Å². The molecule has 0 unspecified atom stereocenters. The lowest BCUT2D eigenvalue weighted by atomic mass is 10.3. The fourth-order valence-corrected chi connectivity index (χ4v) is 3.06. The predicted molar refractivity (Wildman–Crippen MR) is 69.6 cm³/mol. The van der Waals surface area contributed by atoms with Crippen molar-refractivity contribution in [2.45, 2.75) is 5.03 Å². The highest BCUT2D eigenvalue weighted by Crippen LogP contribution is 2.24. The molecule has 0 aliphatic heterocycles. The van der Waals surface area contributed by atoms with Crippen LogP contribution in [0.2, 0.25) is 0 Å². The van der Waals surface area contributed by atoms with Gasteiger partial charge in [-0.1, -0.05) is 0 Å². The van der Waals surface area contributed by atoms with E-state index < -0.39 is 15.8 Å². The molecule has 0 saturated heterocycles. The number of halogens is 1. The van der Waals surface area contributed by atoms with Crippen LogP contribution in [-0.2, 0) is 17.1 Å². The molecule has 1 aromatic carbocycles. The molecule has 0 spiro atoms. The molecule has 102 valence electrons. The molecule has 0 saturated carbocycles. The summed E-state index contributed by atoms with van der Waals surface area (Å²) in [6.45, 7) is 0. The number of imidazole rings is 1. The van der Waals surface area contributed by atoms with Crippen molar-refractivity contribution < 1.29 is 12.8 Å². The lowest BCUT2D eigenvalue weighted by molar-refractivity contribution is 0.584. The van der Waals surface area contributed by atoms with Gasteiger partial charge in [0.1, 0.15) is 5.82 Å². The first-order valence-electron chi connectivity index (χ1n) is 5.35. The molecule has 6 nitrogen and oxygen atoms in total. The van der Waals surface area contributed by atoms with Gasteiger partial charge in [0.05, 0.1) is 12.0 Å². The van der Waals surface area contributed by atoms with Crippen LogP contribution in [0.25, 0.3) is 0 Å². The van der Waals surface area contributed by atoms with Crippen molar-refractivity contribution in [3.8, 4) is 0 Å². The van der Waals surface area contributed by atoms with E-state index in [0.29, 0.717) is 5.69 Å². The molecular weight excluding hydrogens is 271 g/mol. The number of anilines is 2. The molecule has 2 N–H and O–H groups in total. The summed E-state index contributed by atoms with van der Waals surface area (Å²) < 4.78 is 40.0. The van der Waals surface area contributed by atoms with Gasteiger partial charge < -0.3 is 10.3 Å². The molecule has 0 amide bonds. The van der Waals surface area contributed by atoms with E-state index in [9.17, 15) is 12.8 Å². The Kier molecular flexibility index (Phi) is 3.19. The smallest absolute Gasteiger partial charge is 0.283 e. The topological polar surface area (TPSA) is 81.2 Å². The fraction of sp³-hybridized carbons (Fsp3) is 0.182. The molecule has 0 atom stereocenters. The minimum atomic E-state index is -3.84. The second-order valence-electron chi connectivity index (χ2n) is 3.99. The molecule has 2 rings (SSSR count). The van der Waals surface area contributed by atoms with Gasteiger partial charge in [-0.05, 0) is 24.3 Å². The van der Waals surface area contributed by atoms with Crippen molar-refractivity contribution in [3.63, 3.8) is 0 Å². The van der Waals surface area contributed by atoms with Gasteiger partial charge in [0.2, 0.25) is 0 Å². The molecule has 0 aliphatic rings. The maximum absolute atomic E-state index is 12.8. The van der Waals surface area contributed by atoms with Crippen molar-refractivity contribution in [3.05, 3.63) is 36.4 Å². The SMILES string of the molecule is CN(c1ccc(F)cc1)S(=O)(=O)c1c(N)ncn1C. The Morgan fingerprint density at radius 3 is 2.37 bits per heavy atom. The summed E-state index contributed by atoms with van der Waals surface area (Å²) in [5.41, 5.74) is 5.90. The molecule has 0 radical (unpaired) electrons. The number of sulfonamides is 1. The van der Waals surface area contributed by atoms with E-state index in [1.54, 1.807) is 0 Å². The molecule has 1 heterocycles. The van der Waals surface area contributed by atoms with E-state index in [2.05, 4.69) is 4.98 Å². The van der Waals surface area contributed by atoms with Crippen LogP contribution in [0.4, 0.5) is 15.9 Å². The zero-order chi connectivity index (χ0) is 14.2. The Bertz CT molecular complexity index is 674. The Hall–Kier alpha value is -2.09. The van der Waals surface area contributed by atoms with Crippen molar-refractivity contribution in [2.24, 2.45) is 7.05 Å². The van der Waals surface area contributed by atoms with Gasteiger partial charge in [0.15, 0.2) is 10.8 Å². The lowest BCUT2D eigenvalue weighted by Crippen LogP contribution is -2.28. The standard InChI is InChI=1S/C11H13FN4O2S/c1-15-7-14-10(13)11(15)19(17,18)16(2)9-5-3-8(12)4-6-9/h3-7H,13H2,1-2H3. The van der Waals surface area contributed by atoms with Crippen molar-refractivity contribution in [2.75, 3.05) is 17.1 Å². The van der Waals surface area contributed by atoms with E-state index in [0.717, 1.165) is 4.31 Å². The van der Waals surface area contributed by atoms with Crippen LogP contribution >= 0.6 is 0 Å². The average Bonchev–Trinajstić information content (AvgIpc) is 2.69. The van der Waals surface area contributed by atoms with Gasteiger partial charge in [-0.25, -0.2) is 9.37 Å². The van der Waals surface area contributed by atoms with Crippen molar-refractivity contribution in [1.29, 1.82) is 0 Å². The van der Waals surface area contributed by atoms with E-state index in [-0.39, 0.29) is 10.8 Å². The largest absolute Gasteiger partial charge is 0.381 e. The third-order valence-corrected chi connectivity index (χ3v) is 4.62. The van der Waals surface area contributed by atoms with Gasteiger partial charge in [0.25, 0.3) is 10.0 Å². The first-order valence-corrected chi connectivity index (χ1v) is 6.79. The maximum Gasteiger partial charge on any atom is 0.283 e. The molecule has 2 aromatic rings. The highest BCUT2D eigenvalue weighted by Gasteiger charge is 2.27. The van der Waals surface area contributed by atoms with E-state index >= 15 is 0 Å². The highest BCUT2D eigenvalue weighted by molar-refractivity contribution is 7.92. The Morgan fingerprint density at radius 2 is 1.89 bits per heavy atom. The number of hydrogen-bond donors (Lipinski definition) is 1. The minimum Gasteiger partial charge on any atom is -0.381 e. The summed E-state index contributed by atoms with van der Waals surface area (Å²) in [5, 5.41) is -0.0978. The van der Waals surface area contributed by atoms with Gasteiger partial charge >= 0.3 is 0 Å². The van der Waals surface area contributed by atoms with E-state index in [4.69, 9.17) is 5.73 Å². The second kappa shape index (κ2) is 4.54. The Balaban J connectivity index is 2.48. The van der Waals surface area contributed by atoms with Crippen LogP contribution in [0.1, 0.15) is 0 Å². The quantitative estimate of drug-likeness (QED) is 0.910. The first kappa shape index (κ1) is 13.3. The number of hydrogen-bond acceptors (Lipinski definition) is 4. The molecule has 8 heteroatoms. The Labute approximate surface area is 110 Å². The third kappa shape index (κ3) is 2.26. The molecule has 19 heavy (non-hydrogen) atoms. The average molecular weight is 284 g/mol. The van der Waals surface area contributed by atoms with Crippen LogP contribution in [0.3, 0.4) is 0 Å². The number of nitrogens with zero attached hydrogens (tertiary/aromatic N) is 3. The lowest BCUT2D eigenvalue weighted by Gasteiger charge is -2.19. The summed E-state index contributed by atoms with van der Waals surface area (Å²) in [7, 11) is -0.930. The van der Waals surface area contributed by atoms with Crippen LogP contribution in [0.15, 0.2) is 35.6 Å². The zero-order valence-electron chi connectivity index (χ0n) is 10.4. The number of nitrogen functional groups attached to an aromatic ring is 1. The molecule has 0 aliphatic carbocycles. The van der Waals surface area contributed by atoms with Gasteiger partial charge in [-0.3, -0.25) is 4.31 Å². The molecule has 1 aromatic heterocycles. The molecule has 0 fully saturated rings. The van der Waals surface area contributed by atoms with Gasteiger partial charge in [-0.15, -0.1) is 0 Å².